The zero-order valence-electron chi connectivity index (χ0n) is 6.90. The van der Waals surface area contributed by atoms with Gasteiger partial charge in [0.2, 0.25) is 0 Å². The molecule has 0 saturated heterocycles. The Kier molecular flexibility index (Phi) is 2.37. The molecule has 0 saturated carbocycles. The van der Waals surface area contributed by atoms with Gasteiger partial charge in [0.15, 0.2) is 0 Å². The first-order valence-electron chi connectivity index (χ1n) is 3.44. The molecule has 4 heteroatoms. The van der Waals surface area contributed by atoms with Crippen LogP contribution >= 0.6 is 0 Å². The van der Waals surface area contributed by atoms with Gasteiger partial charge in [0.1, 0.15) is 34.8 Å². The maximum atomic E-state index is 9.21. The summed E-state index contributed by atoms with van der Waals surface area (Å²) in [5.74, 6) is 0.0803. The number of phenols is 1. The Hall–Kier alpha value is -2.20. The number of rotatable bonds is 1. The first kappa shape index (κ1) is 8.89. The van der Waals surface area contributed by atoms with E-state index in [-0.39, 0.29) is 22.6 Å². The van der Waals surface area contributed by atoms with Gasteiger partial charge in [0.05, 0.1) is 7.11 Å². The largest absolute Gasteiger partial charge is 0.507 e. The maximum absolute atomic E-state index is 9.21. The summed E-state index contributed by atoms with van der Waals surface area (Å²) in [7, 11) is 1.40. The summed E-state index contributed by atoms with van der Waals surface area (Å²) in [6.45, 7) is 0. The highest BCUT2D eigenvalue weighted by atomic mass is 16.5. The van der Waals surface area contributed by atoms with E-state index in [1.165, 1.54) is 19.2 Å². The van der Waals surface area contributed by atoms with Crippen molar-refractivity contribution in [2.45, 2.75) is 0 Å². The summed E-state index contributed by atoms with van der Waals surface area (Å²) in [6, 6.07) is 6.29. The predicted molar refractivity (Wildman–Crippen MR) is 44.1 cm³/mol. The smallest absolute Gasteiger partial charge is 0.138 e. The fourth-order valence-electron chi connectivity index (χ4n) is 0.967. The van der Waals surface area contributed by atoms with E-state index in [1.807, 2.05) is 0 Å². The average molecular weight is 174 g/mol. The Morgan fingerprint density at radius 1 is 1.23 bits per heavy atom. The molecular weight excluding hydrogens is 168 g/mol. The number of aromatic hydroxyl groups is 1. The minimum Gasteiger partial charge on any atom is -0.507 e. The van der Waals surface area contributed by atoms with Gasteiger partial charge < -0.3 is 9.84 Å². The highest BCUT2D eigenvalue weighted by Crippen LogP contribution is 2.27. The maximum Gasteiger partial charge on any atom is 0.138 e. The van der Waals surface area contributed by atoms with Crippen molar-refractivity contribution in [3.8, 4) is 23.6 Å². The minimum absolute atomic E-state index is 0.0538. The van der Waals surface area contributed by atoms with Gasteiger partial charge in [-0.25, -0.2) is 0 Å². The first-order valence-corrected chi connectivity index (χ1v) is 3.44. The molecule has 0 atom stereocenters. The van der Waals surface area contributed by atoms with E-state index >= 15 is 0 Å². The summed E-state index contributed by atoms with van der Waals surface area (Å²) < 4.78 is 4.85. The van der Waals surface area contributed by atoms with Gasteiger partial charge in [0.25, 0.3) is 0 Å². The molecule has 0 aliphatic carbocycles. The summed E-state index contributed by atoms with van der Waals surface area (Å²) >= 11 is 0. The van der Waals surface area contributed by atoms with Gasteiger partial charge in [-0.3, -0.25) is 0 Å². The normalized spacial score (nSPS) is 8.54. The number of hydrogen-bond donors (Lipinski definition) is 1. The molecule has 0 bridgehead atoms. The Morgan fingerprint density at radius 2 is 1.85 bits per heavy atom. The number of benzene rings is 1. The SMILES string of the molecule is COc1ccc(O)c(C#N)c1C#N. The molecular formula is C9H6N2O2. The van der Waals surface area contributed by atoms with E-state index in [1.54, 1.807) is 12.1 Å². The molecule has 0 unspecified atom stereocenters. The van der Waals surface area contributed by atoms with Crippen LogP contribution in [0.4, 0.5) is 0 Å². The molecule has 1 aromatic carbocycles. The molecule has 13 heavy (non-hydrogen) atoms. The van der Waals surface area contributed by atoms with Crippen molar-refractivity contribution in [2.75, 3.05) is 7.11 Å². The summed E-state index contributed by atoms with van der Waals surface area (Å²) in [5, 5.41) is 26.5. The lowest BCUT2D eigenvalue weighted by Crippen LogP contribution is -1.91. The number of nitriles is 2. The van der Waals surface area contributed by atoms with Crippen LogP contribution in [-0.2, 0) is 0 Å². The Labute approximate surface area is 75.2 Å². The fraction of sp³-hybridized carbons (Fsp3) is 0.111. The summed E-state index contributed by atoms with van der Waals surface area (Å²) in [6.07, 6.45) is 0. The molecule has 0 aromatic heterocycles. The van der Waals surface area contributed by atoms with E-state index in [4.69, 9.17) is 15.3 Å². The Bertz CT molecular complexity index is 413. The third-order valence-corrected chi connectivity index (χ3v) is 1.59. The lowest BCUT2D eigenvalue weighted by atomic mass is 10.1. The van der Waals surface area contributed by atoms with Crippen molar-refractivity contribution in [1.82, 2.24) is 0 Å². The van der Waals surface area contributed by atoms with Crippen LogP contribution in [0.5, 0.6) is 11.5 Å². The molecule has 0 amide bonds. The summed E-state index contributed by atoms with van der Waals surface area (Å²) in [5.41, 5.74) is 0.00634. The predicted octanol–water partition coefficient (Wildman–Crippen LogP) is 1.14. The van der Waals surface area contributed by atoms with Crippen LogP contribution < -0.4 is 4.74 Å². The van der Waals surface area contributed by atoms with E-state index in [2.05, 4.69) is 0 Å². The lowest BCUT2D eigenvalue weighted by Gasteiger charge is -2.04. The van der Waals surface area contributed by atoms with Crippen LogP contribution in [0.3, 0.4) is 0 Å². The second-order valence-electron chi connectivity index (χ2n) is 2.26. The first-order chi connectivity index (χ1) is 6.24. The molecule has 0 radical (unpaired) electrons. The number of ether oxygens (including phenoxy) is 1. The molecule has 0 aliphatic heterocycles. The number of hydrogen-bond acceptors (Lipinski definition) is 4. The number of methoxy groups -OCH3 is 1. The highest BCUT2D eigenvalue weighted by molar-refractivity contribution is 5.59. The van der Waals surface area contributed by atoms with Crippen LogP contribution in [0.1, 0.15) is 11.1 Å². The topological polar surface area (TPSA) is 77.0 Å². The minimum atomic E-state index is -0.208. The van der Waals surface area contributed by atoms with Gasteiger partial charge in [0, 0.05) is 0 Å². The molecule has 1 aromatic rings. The third-order valence-electron chi connectivity index (χ3n) is 1.59. The van der Waals surface area contributed by atoms with E-state index in [0.29, 0.717) is 0 Å². The lowest BCUT2D eigenvalue weighted by molar-refractivity contribution is 0.410. The van der Waals surface area contributed by atoms with E-state index in [9.17, 15) is 5.11 Å². The van der Waals surface area contributed by atoms with Gasteiger partial charge in [-0.15, -0.1) is 0 Å². The van der Waals surface area contributed by atoms with Crippen molar-refractivity contribution in [3.05, 3.63) is 23.3 Å². The molecule has 0 spiro atoms. The molecule has 4 nitrogen and oxygen atoms in total. The Balaban J connectivity index is 3.50. The molecule has 0 fully saturated rings. The molecule has 1 rings (SSSR count). The van der Waals surface area contributed by atoms with E-state index in [0.717, 1.165) is 0 Å². The van der Waals surface area contributed by atoms with E-state index < -0.39 is 0 Å². The second kappa shape index (κ2) is 3.46. The van der Waals surface area contributed by atoms with Crippen molar-refractivity contribution < 1.29 is 9.84 Å². The molecule has 0 heterocycles. The second-order valence-corrected chi connectivity index (χ2v) is 2.26. The fourth-order valence-corrected chi connectivity index (χ4v) is 0.967. The molecule has 1 N–H and O–H groups in total. The van der Waals surface area contributed by atoms with Crippen LogP contribution in [0.2, 0.25) is 0 Å². The third kappa shape index (κ3) is 1.38. The van der Waals surface area contributed by atoms with Crippen molar-refractivity contribution in [1.29, 1.82) is 10.5 Å². The van der Waals surface area contributed by atoms with Crippen LogP contribution in [0.25, 0.3) is 0 Å². The average Bonchev–Trinajstić information content (AvgIpc) is 2.17. The number of nitrogens with zero attached hydrogens (tertiary/aromatic N) is 2. The quantitative estimate of drug-likeness (QED) is 0.692. The Morgan fingerprint density at radius 3 is 2.31 bits per heavy atom. The molecule has 0 aliphatic rings. The number of phenolic OH excluding ortho intramolecular Hbond substituents is 1. The van der Waals surface area contributed by atoms with Gasteiger partial charge in [-0.05, 0) is 12.1 Å². The summed E-state index contributed by atoms with van der Waals surface area (Å²) in [4.78, 5) is 0. The van der Waals surface area contributed by atoms with Crippen LogP contribution in [0.15, 0.2) is 12.1 Å². The van der Waals surface area contributed by atoms with Crippen LogP contribution in [-0.4, -0.2) is 12.2 Å². The standard InChI is InChI=1S/C9H6N2O2/c1-13-9-3-2-8(12)6(4-10)7(9)5-11/h2-3,12H,1H3. The van der Waals surface area contributed by atoms with Crippen molar-refractivity contribution in [3.63, 3.8) is 0 Å². The molecule has 64 valence electrons. The van der Waals surface area contributed by atoms with Crippen molar-refractivity contribution in [2.24, 2.45) is 0 Å². The van der Waals surface area contributed by atoms with Gasteiger partial charge in [-0.2, -0.15) is 10.5 Å². The van der Waals surface area contributed by atoms with Crippen LogP contribution in [0, 0.1) is 22.7 Å². The van der Waals surface area contributed by atoms with Gasteiger partial charge >= 0.3 is 0 Å². The zero-order valence-corrected chi connectivity index (χ0v) is 6.90. The monoisotopic (exact) mass is 174 g/mol. The van der Waals surface area contributed by atoms with Crippen molar-refractivity contribution >= 4 is 0 Å². The highest BCUT2D eigenvalue weighted by Gasteiger charge is 2.12. The van der Waals surface area contributed by atoms with Gasteiger partial charge in [-0.1, -0.05) is 0 Å². The zero-order chi connectivity index (χ0) is 9.84.